The second-order valence-corrected chi connectivity index (χ2v) is 15.9. The van der Waals surface area contributed by atoms with Crippen molar-refractivity contribution >= 4 is 11.7 Å². The third-order valence-corrected chi connectivity index (χ3v) is 13.6. The van der Waals surface area contributed by atoms with Crippen LogP contribution in [0, 0.1) is 62.1 Å². The van der Waals surface area contributed by atoms with Gasteiger partial charge in [0.15, 0.2) is 5.78 Å². The summed E-state index contributed by atoms with van der Waals surface area (Å²) in [6.07, 6.45) is 12.3. The molecule has 1 heterocycles. The number of carbonyl (C=O) groups is 2. The van der Waals surface area contributed by atoms with Crippen molar-refractivity contribution in [2.45, 2.75) is 105 Å². The Bertz CT molecular complexity index is 1210. The lowest BCUT2D eigenvalue weighted by Crippen LogP contribution is -2.65. The van der Waals surface area contributed by atoms with Gasteiger partial charge in [-0.15, -0.1) is 0 Å². The molecule has 1 unspecified atom stereocenters. The Kier molecular flexibility index (Phi) is 5.97. The fourth-order valence-corrected chi connectivity index (χ4v) is 11.1. The molecule has 212 valence electrons. The van der Waals surface area contributed by atoms with E-state index in [2.05, 4.69) is 52.5 Å². The molecule has 4 fully saturated rings. The second kappa shape index (κ2) is 8.54. The Balaban J connectivity index is 1.47. The van der Waals surface area contributed by atoms with Gasteiger partial charge in [-0.2, -0.15) is 5.26 Å². The number of rotatable bonds is 2. The molecule has 6 aliphatic rings. The predicted octanol–water partition coefficient (Wildman–Crippen LogP) is 6.23. The number of amides is 1. The second-order valence-electron chi connectivity index (χ2n) is 15.9. The summed E-state index contributed by atoms with van der Waals surface area (Å²) < 4.78 is 0. The highest BCUT2D eigenvalue weighted by Gasteiger charge is 2.69. The Labute approximate surface area is 235 Å². The standard InChI is InChI=1S/C34H48N2O3/c1-21-23-9-10-32(5)26(31(23,4)17-22(19-35)29(21)39)16-25(37)28-24-18-30(2,3)11-13-34(24,14-12-33(28,32)6)20-36-15-7-8-27(36)38/h16-17,21,23-24,28-29,39H,7-15,18,20H2,1-6H3/t21-,23-,24-,28-,29?,31-,32+,33+,34+/m0/s1. The van der Waals surface area contributed by atoms with Gasteiger partial charge in [-0.25, -0.2) is 0 Å². The molecule has 0 bridgehead atoms. The van der Waals surface area contributed by atoms with E-state index in [0.29, 0.717) is 17.9 Å². The quantitative estimate of drug-likeness (QED) is 0.457. The molecule has 39 heavy (non-hydrogen) atoms. The average molecular weight is 533 g/mol. The van der Waals surface area contributed by atoms with Gasteiger partial charge in [-0.3, -0.25) is 9.59 Å². The molecule has 0 aromatic rings. The summed E-state index contributed by atoms with van der Waals surface area (Å²) in [5, 5.41) is 20.8. The van der Waals surface area contributed by atoms with E-state index in [9.17, 15) is 20.0 Å². The largest absolute Gasteiger partial charge is 0.387 e. The van der Waals surface area contributed by atoms with Crippen LogP contribution in [-0.4, -0.2) is 40.9 Å². The van der Waals surface area contributed by atoms with Gasteiger partial charge >= 0.3 is 0 Å². The van der Waals surface area contributed by atoms with Crippen molar-refractivity contribution in [3.05, 3.63) is 23.3 Å². The van der Waals surface area contributed by atoms with Crippen LogP contribution in [0.2, 0.25) is 0 Å². The zero-order valence-electron chi connectivity index (χ0n) is 25.0. The number of carbonyl (C=O) groups excluding carboxylic acids is 2. The summed E-state index contributed by atoms with van der Waals surface area (Å²) in [6.45, 7) is 15.6. The van der Waals surface area contributed by atoms with E-state index in [4.69, 9.17) is 0 Å². The number of ketones is 1. The first-order valence-electron chi connectivity index (χ1n) is 15.6. The molecule has 1 N–H and O–H groups in total. The van der Waals surface area contributed by atoms with Crippen LogP contribution in [0.25, 0.3) is 0 Å². The molecule has 0 radical (unpaired) electrons. The van der Waals surface area contributed by atoms with Crippen LogP contribution in [-0.2, 0) is 9.59 Å². The smallest absolute Gasteiger partial charge is 0.222 e. The van der Waals surface area contributed by atoms with Crippen molar-refractivity contribution in [1.82, 2.24) is 4.90 Å². The van der Waals surface area contributed by atoms with E-state index in [1.165, 1.54) is 5.57 Å². The van der Waals surface area contributed by atoms with Gasteiger partial charge in [0.05, 0.1) is 17.7 Å². The highest BCUT2D eigenvalue weighted by Crippen LogP contribution is 2.74. The Morgan fingerprint density at radius 1 is 1.05 bits per heavy atom. The third-order valence-electron chi connectivity index (χ3n) is 13.6. The molecular weight excluding hydrogens is 484 g/mol. The number of nitrogens with zero attached hydrogens (tertiary/aromatic N) is 2. The topological polar surface area (TPSA) is 81.4 Å². The van der Waals surface area contributed by atoms with E-state index in [0.717, 1.165) is 64.5 Å². The maximum Gasteiger partial charge on any atom is 0.222 e. The number of hydrogen-bond acceptors (Lipinski definition) is 4. The first-order chi connectivity index (χ1) is 18.2. The van der Waals surface area contributed by atoms with E-state index in [-0.39, 0.29) is 51.1 Å². The van der Waals surface area contributed by atoms with Gasteiger partial charge in [0.25, 0.3) is 0 Å². The summed E-state index contributed by atoms with van der Waals surface area (Å²) >= 11 is 0. The molecule has 0 spiro atoms. The molecule has 1 saturated heterocycles. The lowest BCUT2D eigenvalue weighted by molar-refractivity contribution is -0.174. The van der Waals surface area contributed by atoms with Crippen LogP contribution < -0.4 is 0 Å². The van der Waals surface area contributed by atoms with E-state index in [1.807, 2.05) is 12.2 Å². The molecule has 5 nitrogen and oxygen atoms in total. The molecule has 5 aliphatic carbocycles. The molecule has 3 saturated carbocycles. The fourth-order valence-electron chi connectivity index (χ4n) is 11.1. The number of hydrogen-bond donors (Lipinski definition) is 1. The summed E-state index contributed by atoms with van der Waals surface area (Å²) in [5.41, 5.74) is 1.16. The molecular formula is C34H48N2O3. The van der Waals surface area contributed by atoms with Gasteiger partial charge < -0.3 is 10.0 Å². The zero-order chi connectivity index (χ0) is 28.2. The van der Waals surface area contributed by atoms with Crippen molar-refractivity contribution in [3.8, 4) is 6.07 Å². The van der Waals surface area contributed by atoms with Crippen LogP contribution in [0.4, 0.5) is 0 Å². The van der Waals surface area contributed by atoms with E-state index >= 15 is 0 Å². The molecule has 1 aliphatic heterocycles. The molecule has 1 amide bonds. The number of nitriles is 1. The van der Waals surface area contributed by atoms with Crippen LogP contribution in [0.1, 0.15) is 99.3 Å². The number of fused-ring (bicyclic) bond motifs is 7. The van der Waals surface area contributed by atoms with Crippen LogP contribution in [0.3, 0.4) is 0 Å². The first-order valence-corrected chi connectivity index (χ1v) is 15.6. The normalized spacial score (nSPS) is 48.7. The number of likely N-dealkylation sites (tertiary alicyclic amines) is 1. The van der Waals surface area contributed by atoms with Gasteiger partial charge in [0, 0.05) is 30.8 Å². The SMILES string of the molecule is C[C@@H]1C(O)C(C#N)=C[C@]2(C)C3=CC(=O)[C@@H]4[C@@H]5CC(C)(C)CC[C@]5(CN5CCCC5=O)CC[C@@]4(C)[C@]3(C)CC[C@@H]12. The van der Waals surface area contributed by atoms with Crippen molar-refractivity contribution < 1.29 is 14.7 Å². The Hall–Kier alpha value is -1.93. The Morgan fingerprint density at radius 3 is 2.44 bits per heavy atom. The average Bonchev–Trinajstić information content (AvgIpc) is 3.27. The summed E-state index contributed by atoms with van der Waals surface area (Å²) in [5.74, 6) is 1.01. The van der Waals surface area contributed by atoms with Crippen molar-refractivity contribution in [3.63, 3.8) is 0 Å². The number of allylic oxidation sites excluding steroid dienone is 3. The first kappa shape index (κ1) is 27.3. The highest BCUT2D eigenvalue weighted by molar-refractivity contribution is 5.95. The zero-order valence-corrected chi connectivity index (χ0v) is 25.0. The third kappa shape index (κ3) is 3.58. The molecule has 0 aromatic carbocycles. The van der Waals surface area contributed by atoms with Gasteiger partial charge in [-0.05, 0) is 96.9 Å². The fraction of sp³-hybridized carbons (Fsp3) is 0.794. The predicted molar refractivity (Wildman–Crippen MR) is 151 cm³/mol. The van der Waals surface area contributed by atoms with Crippen molar-refractivity contribution in [1.29, 1.82) is 5.26 Å². The van der Waals surface area contributed by atoms with Gasteiger partial charge in [0.2, 0.25) is 5.91 Å². The van der Waals surface area contributed by atoms with E-state index in [1.54, 1.807) is 0 Å². The highest BCUT2D eigenvalue weighted by atomic mass is 16.3. The van der Waals surface area contributed by atoms with Crippen LogP contribution in [0.15, 0.2) is 23.3 Å². The number of aliphatic hydroxyl groups is 1. The van der Waals surface area contributed by atoms with Crippen LogP contribution >= 0.6 is 0 Å². The van der Waals surface area contributed by atoms with Gasteiger partial charge in [0.1, 0.15) is 0 Å². The lowest BCUT2D eigenvalue weighted by Gasteiger charge is -2.69. The van der Waals surface area contributed by atoms with Gasteiger partial charge in [-0.1, -0.05) is 53.2 Å². The molecule has 5 heteroatoms. The minimum atomic E-state index is -0.728. The van der Waals surface area contributed by atoms with Crippen molar-refractivity contribution in [2.24, 2.45) is 50.7 Å². The maximum absolute atomic E-state index is 14.6. The lowest BCUT2D eigenvalue weighted by atomic mass is 9.35. The molecule has 9 atom stereocenters. The minimum absolute atomic E-state index is 0.0168. The summed E-state index contributed by atoms with van der Waals surface area (Å²) in [4.78, 5) is 29.5. The molecule has 6 rings (SSSR count). The van der Waals surface area contributed by atoms with Crippen molar-refractivity contribution in [2.75, 3.05) is 13.1 Å². The Morgan fingerprint density at radius 2 is 1.77 bits per heavy atom. The minimum Gasteiger partial charge on any atom is -0.387 e. The van der Waals surface area contributed by atoms with Crippen LogP contribution in [0.5, 0.6) is 0 Å². The number of aliphatic hydroxyl groups excluding tert-OH is 1. The molecule has 0 aromatic heterocycles. The summed E-state index contributed by atoms with van der Waals surface area (Å²) in [6, 6.07) is 2.28. The summed E-state index contributed by atoms with van der Waals surface area (Å²) in [7, 11) is 0. The maximum atomic E-state index is 14.6. The van der Waals surface area contributed by atoms with E-state index < -0.39 is 11.5 Å². The monoisotopic (exact) mass is 532 g/mol.